The minimum Gasteiger partial charge on any atom is -0.419 e. The lowest BCUT2D eigenvalue weighted by molar-refractivity contribution is 0.259. The lowest BCUT2D eigenvalue weighted by Crippen LogP contribution is -2.23. The largest absolute Gasteiger partial charge is 0.419 e. The van der Waals surface area contributed by atoms with Gasteiger partial charge in [0.05, 0.1) is 13.1 Å². The number of aromatic nitrogens is 2. The molecule has 0 aliphatic heterocycles. The highest BCUT2D eigenvalue weighted by Crippen LogP contribution is 2.21. The van der Waals surface area contributed by atoms with Gasteiger partial charge in [-0.25, -0.2) is 0 Å². The van der Waals surface area contributed by atoms with E-state index < -0.39 is 0 Å². The molecule has 3 aromatic rings. The average molecular weight is 352 g/mol. The van der Waals surface area contributed by atoms with Crippen LogP contribution < -0.4 is 0 Å². The molecule has 0 fully saturated rings. The van der Waals surface area contributed by atoms with Gasteiger partial charge in [0, 0.05) is 17.1 Å². The normalized spacial score (nSPS) is 10.8. The minimum atomic E-state index is 0.475. The predicted molar refractivity (Wildman–Crippen MR) is 98.9 cm³/mol. The number of rotatable bonds is 6. The summed E-state index contributed by atoms with van der Waals surface area (Å²) in [6.07, 6.45) is 5.50. The Labute approximate surface area is 152 Å². The molecule has 0 N–H and O–H groups in total. The quantitative estimate of drug-likeness (QED) is 0.620. The Morgan fingerprint density at radius 2 is 1.76 bits per heavy atom. The molecule has 0 saturated heterocycles. The van der Waals surface area contributed by atoms with Crippen molar-refractivity contribution in [2.24, 2.45) is 0 Å². The number of aryl methyl sites for hydroxylation is 1. The molecular weight excluding hydrogens is 334 g/mol. The molecule has 1 heterocycles. The van der Waals surface area contributed by atoms with Gasteiger partial charge in [0.1, 0.15) is 0 Å². The van der Waals surface area contributed by atoms with Crippen LogP contribution in [0.5, 0.6) is 0 Å². The molecule has 0 radical (unpaired) electrons. The van der Waals surface area contributed by atoms with E-state index in [1.165, 1.54) is 11.1 Å². The van der Waals surface area contributed by atoms with E-state index in [1.807, 2.05) is 12.1 Å². The van der Waals surface area contributed by atoms with Crippen LogP contribution in [0.4, 0.5) is 0 Å². The summed E-state index contributed by atoms with van der Waals surface area (Å²) in [5, 5.41) is 8.91. The van der Waals surface area contributed by atoms with Gasteiger partial charge in [0.25, 0.3) is 0 Å². The molecule has 3 rings (SSSR count). The van der Waals surface area contributed by atoms with Gasteiger partial charge in [0.2, 0.25) is 11.8 Å². The van der Waals surface area contributed by atoms with Crippen LogP contribution in [0.2, 0.25) is 5.02 Å². The molecule has 0 aliphatic rings. The fourth-order valence-corrected chi connectivity index (χ4v) is 2.59. The Kier molecular flexibility index (Phi) is 5.49. The third-order valence-electron chi connectivity index (χ3n) is 3.76. The summed E-state index contributed by atoms with van der Waals surface area (Å²) in [5.74, 6) is 3.70. The number of terminal acetylenes is 1. The minimum absolute atomic E-state index is 0.475. The summed E-state index contributed by atoms with van der Waals surface area (Å²) < 4.78 is 5.77. The molecule has 0 unspecified atom stereocenters. The molecule has 0 saturated carbocycles. The van der Waals surface area contributed by atoms with Crippen molar-refractivity contribution >= 4 is 11.6 Å². The summed E-state index contributed by atoms with van der Waals surface area (Å²) in [7, 11) is 0. The Hall–Kier alpha value is -2.61. The summed E-state index contributed by atoms with van der Waals surface area (Å²) in [6, 6.07) is 15.7. The van der Waals surface area contributed by atoms with Gasteiger partial charge in [-0.1, -0.05) is 47.4 Å². The maximum Gasteiger partial charge on any atom is 0.247 e. The topological polar surface area (TPSA) is 42.2 Å². The fraction of sp³-hybridized carbons (Fsp3) is 0.200. The third-order valence-corrected chi connectivity index (χ3v) is 4.01. The SMILES string of the molecule is C#CCN(Cc1ccc(C)cc1)Cc1nnc(-c2ccc(Cl)cc2)o1. The maximum atomic E-state index is 5.90. The van der Waals surface area contributed by atoms with Crippen LogP contribution in [0.3, 0.4) is 0 Å². The van der Waals surface area contributed by atoms with Crippen molar-refractivity contribution in [1.29, 1.82) is 0 Å². The lowest BCUT2D eigenvalue weighted by atomic mass is 10.1. The molecule has 1 aromatic heterocycles. The number of nitrogens with zero attached hydrogens (tertiary/aromatic N) is 3. The Balaban J connectivity index is 1.71. The van der Waals surface area contributed by atoms with Gasteiger partial charge in [0.15, 0.2) is 0 Å². The van der Waals surface area contributed by atoms with Crippen LogP contribution in [-0.2, 0) is 13.1 Å². The molecule has 0 bridgehead atoms. The van der Waals surface area contributed by atoms with Crippen LogP contribution in [0, 0.1) is 19.3 Å². The molecule has 0 spiro atoms. The molecule has 0 amide bonds. The molecule has 25 heavy (non-hydrogen) atoms. The smallest absolute Gasteiger partial charge is 0.247 e. The lowest BCUT2D eigenvalue weighted by Gasteiger charge is -2.17. The summed E-state index contributed by atoms with van der Waals surface area (Å²) in [5.41, 5.74) is 3.26. The van der Waals surface area contributed by atoms with Crippen molar-refractivity contribution in [2.45, 2.75) is 20.0 Å². The first-order valence-corrected chi connectivity index (χ1v) is 8.31. The first kappa shape index (κ1) is 17.2. The van der Waals surface area contributed by atoms with Crippen molar-refractivity contribution in [3.8, 4) is 23.8 Å². The molecule has 4 nitrogen and oxygen atoms in total. The van der Waals surface area contributed by atoms with Crippen molar-refractivity contribution in [1.82, 2.24) is 15.1 Å². The van der Waals surface area contributed by atoms with E-state index in [2.05, 4.69) is 52.2 Å². The molecule has 0 aliphatic carbocycles. The van der Waals surface area contributed by atoms with Gasteiger partial charge in [-0.3, -0.25) is 4.90 Å². The molecule has 0 atom stereocenters. The van der Waals surface area contributed by atoms with E-state index in [0.29, 0.717) is 29.9 Å². The van der Waals surface area contributed by atoms with E-state index in [9.17, 15) is 0 Å². The average Bonchev–Trinajstić information content (AvgIpc) is 3.06. The highest BCUT2D eigenvalue weighted by Gasteiger charge is 2.13. The van der Waals surface area contributed by atoms with Crippen molar-refractivity contribution in [3.63, 3.8) is 0 Å². The van der Waals surface area contributed by atoms with Gasteiger partial charge in [-0.05, 0) is 36.8 Å². The fourth-order valence-electron chi connectivity index (χ4n) is 2.47. The van der Waals surface area contributed by atoms with E-state index in [1.54, 1.807) is 12.1 Å². The van der Waals surface area contributed by atoms with Crippen molar-refractivity contribution in [2.75, 3.05) is 6.54 Å². The monoisotopic (exact) mass is 351 g/mol. The summed E-state index contributed by atoms with van der Waals surface area (Å²) in [6.45, 7) is 3.80. The number of hydrogen-bond acceptors (Lipinski definition) is 4. The first-order valence-electron chi connectivity index (χ1n) is 7.94. The second-order valence-corrected chi connectivity index (χ2v) is 6.28. The predicted octanol–water partition coefficient (Wildman–Crippen LogP) is 4.33. The molecular formula is C20H18ClN3O. The zero-order chi connectivity index (χ0) is 17.6. The molecule has 2 aromatic carbocycles. The highest BCUT2D eigenvalue weighted by molar-refractivity contribution is 6.30. The number of hydrogen-bond donors (Lipinski definition) is 0. The van der Waals surface area contributed by atoms with Crippen LogP contribution in [0.1, 0.15) is 17.0 Å². The van der Waals surface area contributed by atoms with E-state index in [0.717, 1.165) is 12.1 Å². The van der Waals surface area contributed by atoms with E-state index in [-0.39, 0.29) is 0 Å². The zero-order valence-corrected chi connectivity index (χ0v) is 14.7. The maximum absolute atomic E-state index is 5.90. The van der Waals surface area contributed by atoms with Gasteiger partial charge < -0.3 is 4.42 Å². The van der Waals surface area contributed by atoms with Crippen LogP contribution >= 0.6 is 11.6 Å². The Morgan fingerprint density at radius 3 is 2.44 bits per heavy atom. The third kappa shape index (κ3) is 4.69. The zero-order valence-electron chi connectivity index (χ0n) is 13.9. The van der Waals surface area contributed by atoms with Crippen molar-refractivity contribution in [3.05, 3.63) is 70.6 Å². The Morgan fingerprint density at radius 1 is 1.04 bits per heavy atom. The Bertz CT molecular complexity index is 863. The van der Waals surface area contributed by atoms with Crippen LogP contribution in [-0.4, -0.2) is 21.6 Å². The second-order valence-electron chi connectivity index (χ2n) is 5.84. The van der Waals surface area contributed by atoms with Gasteiger partial charge in [-0.2, -0.15) is 0 Å². The highest BCUT2D eigenvalue weighted by atomic mass is 35.5. The number of halogens is 1. The first-order chi connectivity index (χ1) is 12.1. The summed E-state index contributed by atoms with van der Waals surface area (Å²) >= 11 is 5.90. The summed E-state index contributed by atoms with van der Waals surface area (Å²) in [4.78, 5) is 2.09. The number of benzene rings is 2. The molecule has 5 heteroatoms. The molecule has 126 valence electrons. The van der Waals surface area contributed by atoms with Crippen molar-refractivity contribution < 1.29 is 4.42 Å². The second kappa shape index (κ2) is 7.98. The van der Waals surface area contributed by atoms with E-state index in [4.69, 9.17) is 22.4 Å². The van der Waals surface area contributed by atoms with Gasteiger partial charge >= 0.3 is 0 Å². The van der Waals surface area contributed by atoms with Crippen LogP contribution in [0.15, 0.2) is 52.9 Å². The van der Waals surface area contributed by atoms with Crippen LogP contribution in [0.25, 0.3) is 11.5 Å². The standard InChI is InChI=1S/C20H18ClN3O/c1-3-12-24(13-16-6-4-15(2)5-7-16)14-19-22-23-20(25-19)17-8-10-18(21)11-9-17/h1,4-11H,12-14H2,2H3. The van der Waals surface area contributed by atoms with Gasteiger partial charge in [-0.15, -0.1) is 16.6 Å². The van der Waals surface area contributed by atoms with E-state index >= 15 is 0 Å².